The number of carbonyl (C=O) groups excluding carboxylic acids is 1. The Morgan fingerprint density at radius 1 is 1.33 bits per heavy atom. The van der Waals surface area contributed by atoms with Crippen LogP contribution < -0.4 is 4.74 Å². The molecule has 0 aromatic heterocycles. The van der Waals surface area contributed by atoms with Gasteiger partial charge in [0.15, 0.2) is 0 Å². The Labute approximate surface area is 138 Å². The summed E-state index contributed by atoms with van der Waals surface area (Å²) in [7, 11) is 0. The van der Waals surface area contributed by atoms with Gasteiger partial charge in [-0.15, -0.1) is 13.2 Å². The molecule has 1 aliphatic carbocycles. The van der Waals surface area contributed by atoms with Gasteiger partial charge >= 0.3 is 6.36 Å². The van der Waals surface area contributed by atoms with Crippen LogP contribution in [0.15, 0.2) is 24.3 Å². The molecule has 24 heavy (non-hydrogen) atoms. The highest BCUT2D eigenvalue weighted by molar-refractivity contribution is 5.83. The molecule has 1 heterocycles. The molecule has 4 atom stereocenters. The highest BCUT2D eigenvalue weighted by atomic mass is 19.4. The molecule has 0 spiro atoms. The van der Waals surface area contributed by atoms with Crippen molar-refractivity contribution in [2.24, 2.45) is 11.8 Å². The third kappa shape index (κ3) is 3.83. The lowest BCUT2D eigenvalue weighted by Gasteiger charge is -2.18. The zero-order valence-electron chi connectivity index (χ0n) is 13.3. The fraction of sp³-hybridized carbons (Fsp3) is 0.588. The van der Waals surface area contributed by atoms with E-state index >= 15 is 0 Å². The number of amides is 1. The van der Waals surface area contributed by atoms with Crippen molar-refractivity contribution in [1.82, 2.24) is 4.90 Å². The second kappa shape index (κ2) is 6.27. The smallest absolute Gasteiger partial charge is 0.406 e. The van der Waals surface area contributed by atoms with Crippen LogP contribution in [0.2, 0.25) is 0 Å². The fourth-order valence-electron chi connectivity index (χ4n) is 3.37. The minimum absolute atomic E-state index is 0.0584. The van der Waals surface area contributed by atoms with E-state index in [1.165, 1.54) is 12.1 Å². The van der Waals surface area contributed by atoms with Crippen molar-refractivity contribution in [1.29, 1.82) is 0 Å². The summed E-state index contributed by atoms with van der Waals surface area (Å²) in [5.74, 6) is -0.0898. The van der Waals surface area contributed by atoms with Crippen molar-refractivity contribution in [3.8, 4) is 5.75 Å². The van der Waals surface area contributed by atoms with Crippen molar-refractivity contribution in [2.75, 3.05) is 13.1 Å². The number of likely N-dealkylation sites (tertiary alicyclic amines) is 1. The summed E-state index contributed by atoms with van der Waals surface area (Å²) in [4.78, 5) is 14.3. The van der Waals surface area contributed by atoms with Crippen LogP contribution in [0.4, 0.5) is 13.2 Å². The Morgan fingerprint density at radius 3 is 2.54 bits per heavy atom. The normalized spacial score (nSPS) is 27.9. The van der Waals surface area contributed by atoms with Crippen LogP contribution in [-0.4, -0.2) is 41.5 Å². The standard InChI is InChI=1S/C17H20F3NO3/c1-10(22)12-6-7-21(9-12)16(23)15-8-14(15)11-2-4-13(5-3-11)24-17(18,19)20/h2-5,10,12,14-15,22H,6-9H2,1H3. The highest BCUT2D eigenvalue weighted by Gasteiger charge is 2.47. The van der Waals surface area contributed by atoms with E-state index in [0.717, 1.165) is 12.0 Å². The van der Waals surface area contributed by atoms with E-state index in [1.54, 1.807) is 24.0 Å². The summed E-state index contributed by atoms with van der Waals surface area (Å²) >= 11 is 0. The number of alkyl halides is 3. The SMILES string of the molecule is CC(O)C1CCN(C(=O)C2CC2c2ccc(OC(F)(F)F)cc2)C1. The molecule has 3 rings (SSSR count). The first kappa shape index (κ1) is 17.1. The number of aliphatic hydroxyl groups excluding tert-OH is 1. The topological polar surface area (TPSA) is 49.8 Å². The third-order valence-electron chi connectivity index (χ3n) is 4.87. The Kier molecular flexibility index (Phi) is 4.46. The lowest BCUT2D eigenvalue weighted by molar-refractivity contribution is -0.274. The lowest BCUT2D eigenvalue weighted by Crippen LogP contribution is -2.31. The summed E-state index contributed by atoms with van der Waals surface area (Å²) in [5, 5.41) is 9.61. The number of benzene rings is 1. The molecule has 0 radical (unpaired) electrons. The molecule has 1 N–H and O–H groups in total. The number of ether oxygens (including phenoxy) is 1. The molecule has 4 unspecified atom stereocenters. The van der Waals surface area contributed by atoms with Gasteiger partial charge in [0.05, 0.1) is 6.10 Å². The van der Waals surface area contributed by atoms with Gasteiger partial charge in [-0.05, 0) is 43.4 Å². The summed E-state index contributed by atoms with van der Waals surface area (Å²) in [6.45, 7) is 2.98. The Bertz CT molecular complexity index is 600. The Balaban J connectivity index is 1.56. The molecular weight excluding hydrogens is 323 g/mol. The first-order valence-corrected chi connectivity index (χ1v) is 8.07. The predicted octanol–water partition coefficient (Wildman–Crippen LogP) is 2.92. The molecule has 1 aromatic carbocycles. The molecule has 2 aliphatic rings. The predicted molar refractivity (Wildman–Crippen MR) is 80.3 cm³/mol. The highest BCUT2D eigenvalue weighted by Crippen LogP contribution is 2.49. The molecule has 2 fully saturated rings. The van der Waals surface area contributed by atoms with Gasteiger partial charge in [-0.1, -0.05) is 12.1 Å². The molecule has 1 saturated heterocycles. The van der Waals surface area contributed by atoms with E-state index in [4.69, 9.17) is 0 Å². The van der Waals surface area contributed by atoms with E-state index in [0.29, 0.717) is 19.5 Å². The van der Waals surface area contributed by atoms with Crippen LogP contribution in [0.1, 0.15) is 31.2 Å². The van der Waals surface area contributed by atoms with Crippen LogP contribution in [0.3, 0.4) is 0 Å². The van der Waals surface area contributed by atoms with E-state index in [2.05, 4.69) is 4.74 Å². The van der Waals surface area contributed by atoms with Crippen molar-refractivity contribution in [3.63, 3.8) is 0 Å². The molecule has 1 amide bonds. The van der Waals surface area contributed by atoms with Gasteiger partial charge in [-0.3, -0.25) is 4.79 Å². The van der Waals surface area contributed by atoms with Gasteiger partial charge in [0, 0.05) is 24.9 Å². The molecule has 132 valence electrons. The first-order valence-electron chi connectivity index (χ1n) is 8.07. The van der Waals surface area contributed by atoms with Crippen LogP contribution in [-0.2, 0) is 4.79 Å². The van der Waals surface area contributed by atoms with Crippen molar-refractivity contribution < 1.29 is 27.8 Å². The summed E-state index contributed by atoms with van der Waals surface area (Å²) in [5.41, 5.74) is 0.856. The average Bonchev–Trinajstić information content (AvgIpc) is 3.13. The average molecular weight is 343 g/mol. The minimum atomic E-state index is -4.70. The number of aliphatic hydroxyl groups is 1. The van der Waals surface area contributed by atoms with Crippen LogP contribution in [0, 0.1) is 11.8 Å². The summed E-state index contributed by atoms with van der Waals surface area (Å²) < 4.78 is 40.3. The largest absolute Gasteiger partial charge is 0.573 e. The number of halogens is 3. The van der Waals surface area contributed by atoms with Crippen molar-refractivity contribution in [2.45, 2.75) is 38.1 Å². The number of rotatable bonds is 4. The minimum Gasteiger partial charge on any atom is -0.406 e. The van der Waals surface area contributed by atoms with E-state index in [9.17, 15) is 23.1 Å². The summed E-state index contributed by atoms with van der Waals surface area (Å²) in [6, 6.07) is 5.73. The number of nitrogens with zero attached hydrogens (tertiary/aromatic N) is 1. The van der Waals surface area contributed by atoms with Crippen LogP contribution in [0.25, 0.3) is 0 Å². The van der Waals surface area contributed by atoms with Gasteiger partial charge in [-0.25, -0.2) is 0 Å². The Morgan fingerprint density at radius 2 is 2.00 bits per heavy atom. The fourth-order valence-corrected chi connectivity index (χ4v) is 3.37. The zero-order valence-corrected chi connectivity index (χ0v) is 13.3. The number of hydrogen-bond donors (Lipinski definition) is 1. The molecule has 1 aliphatic heterocycles. The lowest BCUT2D eigenvalue weighted by atomic mass is 10.0. The van der Waals surface area contributed by atoms with Crippen LogP contribution in [0.5, 0.6) is 5.75 Å². The molecule has 1 aromatic rings. The Hall–Kier alpha value is -1.76. The van der Waals surface area contributed by atoms with Gasteiger partial charge in [0.2, 0.25) is 5.91 Å². The van der Waals surface area contributed by atoms with Gasteiger partial charge < -0.3 is 14.7 Å². The maximum Gasteiger partial charge on any atom is 0.573 e. The zero-order chi connectivity index (χ0) is 17.5. The second-order valence-corrected chi connectivity index (χ2v) is 6.64. The maximum absolute atomic E-state index is 12.5. The number of hydrogen-bond acceptors (Lipinski definition) is 3. The van der Waals surface area contributed by atoms with E-state index in [-0.39, 0.29) is 29.4 Å². The van der Waals surface area contributed by atoms with Gasteiger partial charge in [0.1, 0.15) is 5.75 Å². The third-order valence-corrected chi connectivity index (χ3v) is 4.87. The summed E-state index contributed by atoms with van der Waals surface area (Å²) in [6.07, 6.45) is -3.59. The molecule has 0 bridgehead atoms. The quantitative estimate of drug-likeness (QED) is 0.915. The monoisotopic (exact) mass is 343 g/mol. The molecule has 1 saturated carbocycles. The van der Waals surface area contributed by atoms with Crippen LogP contribution >= 0.6 is 0 Å². The van der Waals surface area contributed by atoms with E-state index in [1.807, 2.05) is 0 Å². The first-order chi connectivity index (χ1) is 11.2. The van der Waals surface area contributed by atoms with Gasteiger partial charge in [-0.2, -0.15) is 0 Å². The van der Waals surface area contributed by atoms with Crippen molar-refractivity contribution >= 4 is 5.91 Å². The molecular formula is C17H20F3NO3. The van der Waals surface area contributed by atoms with E-state index < -0.39 is 12.5 Å². The second-order valence-electron chi connectivity index (χ2n) is 6.64. The molecule has 4 nitrogen and oxygen atoms in total. The maximum atomic E-state index is 12.5. The van der Waals surface area contributed by atoms with Gasteiger partial charge in [0.25, 0.3) is 0 Å². The molecule has 7 heteroatoms. The van der Waals surface area contributed by atoms with Crippen molar-refractivity contribution in [3.05, 3.63) is 29.8 Å². The number of carbonyl (C=O) groups is 1.